The van der Waals surface area contributed by atoms with Crippen molar-refractivity contribution in [3.8, 4) is 0 Å². The van der Waals surface area contributed by atoms with Crippen LogP contribution in [0.4, 0.5) is 13.2 Å². The van der Waals surface area contributed by atoms with Crippen LogP contribution in [0.5, 0.6) is 0 Å². The first kappa shape index (κ1) is 20.3. The van der Waals surface area contributed by atoms with E-state index >= 15 is 0 Å². The van der Waals surface area contributed by atoms with Gasteiger partial charge in [0.2, 0.25) is 5.91 Å². The smallest absolute Gasteiger partial charge is 0.435 e. The maximum atomic E-state index is 12.6. The number of hydrogen-bond acceptors (Lipinski definition) is 6. The van der Waals surface area contributed by atoms with E-state index in [9.17, 15) is 22.8 Å². The molecule has 7 nitrogen and oxygen atoms in total. The molecule has 152 valence electrons. The Labute approximate surface area is 163 Å². The Hall–Kier alpha value is -2.43. The first-order valence-corrected chi connectivity index (χ1v) is 9.67. The summed E-state index contributed by atoms with van der Waals surface area (Å²) in [5.41, 5.74) is -0.771. The van der Waals surface area contributed by atoms with Gasteiger partial charge in [-0.25, -0.2) is 9.78 Å². The van der Waals surface area contributed by atoms with Crippen LogP contribution in [0.15, 0.2) is 17.6 Å². The van der Waals surface area contributed by atoms with Gasteiger partial charge in [-0.05, 0) is 25.8 Å². The van der Waals surface area contributed by atoms with Gasteiger partial charge in [-0.2, -0.15) is 18.3 Å². The number of carbonyl (C=O) groups is 2. The predicted molar refractivity (Wildman–Crippen MR) is 93.9 cm³/mol. The zero-order valence-corrected chi connectivity index (χ0v) is 15.9. The summed E-state index contributed by atoms with van der Waals surface area (Å²) in [6.07, 6.45) is -1.82. The van der Waals surface area contributed by atoms with Gasteiger partial charge in [0.15, 0.2) is 11.4 Å². The van der Waals surface area contributed by atoms with E-state index < -0.39 is 17.8 Å². The Balaban J connectivity index is 1.62. The summed E-state index contributed by atoms with van der Waals surface area (Å²) in [7, 11) is 0. The van der Waals surface area contributed by atoms with Gasteiger partial charge in [0.05, 0.1) is 11.6 Å². The third-order valence-electron chi connectivity index (χ3n) is 4.36. The Kier molecular flexibility index (Phi) is 6.01. The van der Waals surface area contributed by atoms with Crippen molar-refractivity contribution in [2.24, 2.45) is 0 Å². The highest BCUT2D eigenvalue weighted by atomic mass is 32.1. The number of carbonyl (C=O) groups excluding carboxylic acids is 2. The molecule has 2 aromatic rings. The highest BCUT2D eigenvalue weighted by Crippen LogP contribution is 2.30. The van der Waals surface area contributed by atoms with E-state index in [4.69, 9.17) is 4.74 Å². The van der Waals surface area contributed by atoms with Crippen molar-refractivity contribution in [1.29, 1.82) is 0 Å². The van der Waals surface area contributed by atoms with Crippen molar-refractivity contribution in [2.75, 3.05) is 19.7 Å². The standard InChI is InChI=1S/C17H19F3N4O3S/c1-2-27-16(26)12-10-28-15(21-12)11-4-3-6-23(8-11)14(25)9-24-7-5-13(22-24)17(18,19)20/h5,7,10-11H,2-4,6,8-9H2,1H3. The van der Waals surface area contributed by atoms with Crippen molar-refractivity contribution in [3.05, 3.63) is 34.0 Å². The summed E-state index contributed by atoms with van der Waals surface area (Å²) >= 11 is 1.34. The van der Waals surface area contributed by atoms with Crippen molar-refractivity contribution < 1.29 is 27.5 Å². The molecule has 1 aliphatic rings. The number of ether oxygens (including phenoxy) is 1. The zero-order chi connectivity index (χ0) is 20.3. The zero-order valence-electron chi connectivity index (χ0n) is 15.1. The lowest BCUT2D eigenvalue weighted by molar-refractivity contribution is -0.142. The fraction of sp³-hybridized carbons (Fsp3) is 0.529. The molecule has 1 saturated heterocycles. The van der Waals surface area contributed by atoms with Crippen LogP contribution in [0.25, 0.3) is 0 Å². The van der Waals surface area contributed by atoms with E-state index in [2.05, 4.69) is 10.1 Å². The molecule has 0 saturated carbocycles. The van der Waals surface area contributed by atoms with Crippen LogP contribution in [0.3, 0.4) is 0 Å². The number of nitrogens with zero attached hydrogens (tertiary/aromatic N) is 4. The maximum Gasteiger partial charge on any atom is 0.435 e. The molecule has 1 unspecified atom stereocenters. The first-order chi connectivity index (χ1) is 13.3. The van der Waals surface area contributed by atoms with E-state index in [1.165, 1.54) is 11.3 Å². The second-order valence-electron chi connectivity index (χ2n) is 6.37. The molecule has 0 aliphatic carbocycles. The van der Waals surface area contributed by atoms with Gasteiger partial charge in [-0.1, -0.05) is 0 Å². The lowest BCUT2D eigenvalue weighted by Gasteiger charge is -2.31. The Morgan fingerprint density at radius 1 is 1.39 bits per heavy atom. The van der Waals surface area contributed by atoms with E-state index in [1.54, 1.807) is 17.2 Å². The number of esters is 1. The molecule has 28 heavy (non-hydrogen) atoms. The van der Waals surface area contributed by atoms with E-state index in [-0.39, 0.29) is 30.7 Å². The summed E-state index contributed by atoms with van der Waals surface area (Å²) < 4.78 is 43.8. The molecule has 0 bridgehead atoms. The molecule has 0 spiro atoms. The average Bonchev–Trinajstić information content (AvgIpc) is 3.31. The topological polar surface area (TPSA) is 77.3 Å². The molecule has 0 radical (unpaired) electrons. The number of hydrogen-bond donors (Lipinski definition) is 0. The summed E-state index contributed by atoms with van der Waals surface area (Å²) in [6, 6.07) is 0.846. The second kappa shape index (κ2) is 8.29. The van der Waals surface area contributed by atoms with E-state index in [0.717, 1.165) is 34.8 Å². The molecule has 3 rings (SSSR count). The van der Waals surface area contributed by atoms with Gasteiger partial charge >= 0.3 is 12.1 Å². The van der Waals surface area contributed by atoms with Gasteiger partial charge in [-0.3, -0.25) is 9.48 Å². The Morgan fingerprint density at radius 2 is 2.18 bits per heavy atom. The number of alkyl halides is 3. The van der Waals surface area contributed by atoms with Crippen LogP contribution in [0.2, 0.25) is 0 Å². The van der Waals surface area contributed by atoms with Crippen molar-refractivity contribution in [3.63, 3.8) is 0 Å². The van der Waals surface area contributed by atoms with Gasteiger partial charge in [0, 0.05) is 30.6 Å². The fourth-order valence-corrected chi connectivity index (χ4v) is 3.94. The Morgan fingerprint density at radius 3 is 2.86 bits per heavy atom. The van der Waals surface area contributed by atoms with Gasteiger partial charge in [-0.15, -0.1) is 11.3 Å². The van der Waals surface area contributed by atoms with Gasteiger partial charge < -0.3 is 9.64 Å². The molecular weight excluding hydrogens is 397 g/mol. The molecule has 1 aliphatic heterocycles. The molecule has 2 aromatic heterocycles. The second-order valence-corrected chi connectivity index (χ2v) is 7.26. The fourth-order valence-electron chi connectivity index (χ4n) is 3.02. The maximum absolute atomic E-state index is 12.6. The normalized spacial score (nSPS) is 17.6. The van der Waals surface area contributed by atoms with Gasteiger partial charge in [0.1, 0.15) is 6.54 Å². The van der Waals surface area contributed by atoms with Crippen LogP contribution in [-0.4, -0.2) is 51.2 Å². The highest BCUT2D eigenvalue weighted by molar-refractivity contribution is 7.09. The lowest BCUT2D eigenvalue weighted by Crippen LogP contribution is -2.41. The number of thiazole rings is 1. The number of rotatable bonds is 5. The molecule has 1 amide bonds. The van der Waals surface area contributed by atoms with Crippen molar-refractivity contribution in [1.82, 2.24) is 19.7 Å². The largest absolute Gasteiger partial charge is 0.461 e. The molecule has 3 heterocycles. The average molecular weight is 416 g/mol. The lowest BCUT2D eigenvalue weighted by atomic mass is 9.98. The molecule has 1 atom stereocenters. The minimum Gasteiger partial charge on any atom is -0.461 e. The number of piperidine rings is 1. The van der Waals surface area contributed by atoms with Crippen LogP contribution >= 0.6 is 11.3 Å². The third kappa shape index (κ3) is 4.70. The molecule has 11 heteroatoms. The van der Waals surface area contributed by atoms with E-state index in [0.29, 0.717) is 13.1 Å². The quantitative estimate of drug-likeness (QED) is 0.701. The molecule has 1 fully saturated rings. The summed E-state index contributed by atoms with van der Waals surface area (Å²) in [5, 5.41) is 5.80. The summed E-state index contributed by atoms with van der Waals surface area (Å²) in [4.78, 5) is 30.2. The van der Waals surface area contributed by atoms with Crippen LogP contribution in [0, 0.1) is 0 Å². The summed E-state index contributed by atoms with van der Waals surface area (Å²) in [5.74, 6) is -0.800. The van der Waals surface area contributed by atoms with Crippen LogP contribution < -0.4 is 0 Å². The summed E-state index contributed by atoms with van der Waals surface area (Å²) in [6.45, 7) is 2.66. The third-order valence-corrected chi connectivity index (χ3v) is 5.37. The Bertz CT molecular complexity index is 849. The number of amides is 1. The monoisotopic (exact) mass is 416 g/mol. The number of aromatic nitrogens is 3. The highest BCUT2D eigenvalue weighted by Gasteiger charge is 2.34. The minimum absolute atomic E-state index is 0.0192. The van der Waals surface area contributed by atoms with E-state index in [1.807, 2.05) is 0 Å². The van der Waals surface area contributed by atoms with Gasteiger partial charge in [0.25, 0.3) is 0 Å². The van der Waals surface area contributed by atoms with Crippen molar-refractivity contribution in [2.45, 2.75) is 38.4 Å². The predicted octanol–water partition coefficient (Wildman–Crippen LogP) is 2.94. The van der Waals surface area contributed by atoms with Crippen molar-refractivity contribution >= 4 is 23.2 Å². The van der Waals surface area contributed by atoms with Crippen LogP contribution in [0.1, 0.15) is 46.9 Å². The number of likely N-dealkylation sites (tertiary alicyclic amines) is 1. The molecular formula is C17H19F3N4O3S. The minimum atomic E-state index is -4.54. The molecule has 0 N–H and O–H groups in total. The molecule has 0 aromatic carbocycles. The number of halogens is 3. The first-order valence-electron chi connectivity index (χ1n) is 8.79. The SMILES string of the molecule is CCOC(=O)c1csc(C2CCCN(C(=O)Cn3ccc(C(F)(F)F)n3)C2)n1. The van der Waals surface area contributed by atoms with Crippen LogP contribution in [-0.2, 0) is 22.3 Å².